The summed E-state index contributed by atoms with van der Waals surface area (Å²) in [4.78, 5) is 0. The molecule has 1 nitrogen and oxygen atoms in total. The first kappa shape index (κ1) is 12.8. The van der Waals surface area contributed by atoms with Crippen LogP contribution in [0.1, 0.15) is 16.7 Å². The second-order valence-corrected chi connectivity index (χ2v) is 4.53. The maximum absolute atomic E-state index is 12.6. The minimum atomic E-state index is -4.42. The fourth-order valence-corrected chi connectivity index (χ4v) is 2.36. The topological polar surface area (TPSA) is 23.8 Å². The summed E-state index contributed by atoms with van der Waals surface area (Å²) in [5, 5.41) is 8.74. The normalized spacial score (nSPS) is 11.2. The highest BCUT2D eigenvalue weighted by Gasteiger charge is 2.34. The number of alkyl halides is 4. The highest BCUT2D eigenvalue weighted by molar-refractivity contribution is 14.1. The lowest BCUT2D eigenvalue weighted by atomic mass is 10.0. The molecule has 0 atom stereocenters. The van der Waals surface area contributed by atoms with Gasteiger partial charge in [0.15, 0.2) is 0 Å². The van der Waals surface area contributed by atoms with E-state index in [1.54, 1.807) is 28.7 Å². The molecule has 1 aromatic rings. The minimum Gasteiger partial charge on any atom is -0.192 e. The molecule has 1 rings (SSSR count). The van der Waals surface area contributed by atoms with Crippen LogP contribution in [0.4, 0.5) is 13.2 Å². The zero-order chi connectivity index (χ0) is 11.6. The van der Waals surface area contributed by atoms with E-state index < -0.39 is 11.7 Å². The molecule has 0 aliphatic heterocycles. The molecule has 0 spiro atoms. The van der Waals surface area contributed by atoms with Gasteiger partial charge in [0, 0.05) is 8.90 Å². The average molecular weight is 390 g/mol. The van der Waals surface area contributed by atoms with Crippen molar-refractivity contribution >= 4 is 38.5 Å². The molecule has 0 saturated heterocycles. The highest BCUT2D eigenvalue weighted by Crippen LogP contribution is 2.35. The lowest BCUT2D eigenvalue weighted by Gasteiger charge is -2.13. The number of hydrogen-bond acceptors (Lipinski definition) is 1. The summed E-state index contributed by atoms with van der Waals surface area (Å²) < 4.78 is 38.2. The van der Waals surface area contributed by atoms with Gasteiger partial charge >= 0.3 is 6.18 Å². The van der Waals surface area contributed by atoms with E-state index in [0.717, 1.165) is 6.07 Å². The van der Waals surface area contributed by atoms with E-state index in [1.165, 1.54) is 6.07 Å². The van der Waals surface area contributed by atoms with Gasteiger partial charge in [-0.1, -0.05) is 15.9 Å². The molecule has 0 amide bonds. The van der Waals surface area contributed by atoms with E-state index >= 15 is 0 Å². The van der Waals surface area contributed by atoms with Crippen LogP contribution >= 0.6 is 38.5 Å². The Kier molecular flexibility index (Phi) is 4.00. The maximum atomic E-state index is 12.6. The van der Waals surface area contributed by atoms with Crippen LogP contribution < -0.4 is 0 Å². The maximum Gasteiger partial charge on any atom is 0.416 e. The molecule has 1 aromatic carbocycles. The Morgan fingerprint density at radius 2 is 2.00 bits per heavy atom. The molecule has 0 aromatic heterocycles. The molecule has 6 heteroatoms. The third kappa shape index (κ3) is 2.84. The Hall–Kier alpha value is -0.290. The summed E-state index contributed by atoms with van der Waals surface area (Å²) in [5.74, 6) is 0. The zero-order valence-corrected chi connectivity index (χ0v) is 10.9. The first-order valence-electron chi connectivity index (χ1n) is 3.76. The van der Waals surface area contributed by atoms with Crippen molar-refractivity contribution in [2.45, 2.75) is 11.5 Å². The third-order valence-electron chi connectivity index (χ3n) is 1.77. The van der Waals surface area contributed by atoms with Crippen LogP contribution in [0.25, 0.3) is 0 Å². The van der Waals surface area contributed by atoms with Gasteiger partial charge in [0.25, 0.3) is 0 Å². The summed E-state index contributed by atoms with van der Waals surface area (Å²) >= 11 is 4.72. The summed E-state index contributed by atoms with van der Waals surface area (Å²) in [7, 11) is 0. The molecular formula is C9H4BrF3IN. The molecule has 15 heavy (non-hydrogen) atoms. The number of hydrogen-bond donors (Lipinski definition) is 0. The van der Waals surface area contributed by atoms with Gasteiger partial charge in [-0.15, -0.1) is 0 Å². The van der Waals surface area contributed by atoms with Crippen molar-refractivity contribution in [1.29, 1.82) is 5.26 Å². The number of rotatable bonds is 1. The molecule has 0 radical (unpaired) electrons. The molecule has 0 saturated carbocycles. The monoisotopic (exact) mass is 389 g/mol. The number of halogens is 5. The quantitative estimate of drug-likeness (QED) is 0.524. The van der Waals surface area contributed by atoms with Gasteiger partial charge in [0.05, 0.1) is 17.2 Å². The molecule has 0 bridgehead atoms. The number of nitriles is 1. The second kappa shape index (κ2) is 4.70. The van der Waals surface area contributed by atoms with Crippen LogP contribution in [0.15, 0.2) is 12.1 Å². The minimum absolute atomic E-state index is 0.00887. The SMILES string of the molecule is N#Cc1cc(I)cc(C(F)(F)F)c1CBr. The van der Waals surface area contributed by atoms with Gasteiger partial charge in [0.2, 0.25) is 0 Å². The van der Waals surface area contributed by atoms with Crippen molar-refractivity contribution in [2.75, 3.05) is 0 Å². The van der Waals surface area contributed by atoms with E-state index in [9.17, 15) is 13.2 Å². The summed E-state index contributed by atoms with van der Waals surface area (Å²) in [6, 6.07) is 4.24. The molecule has 80 valence electrons. The third-order valence-corrected chi connectivity index (χ3v) is 2.96. The lowest BCUT2D eigenvalue weighted by Crippen LogP contribution is -2.10. The van der Waals surface area contributed by atoms with Crippen molar-refractivity contribution in [3.63, 3.8) is 0 Å². The van der Waals surface area contributed by atoms with E-state index in [2.05, 4.69) is 15.9 Å². The van der Waals surface area contributed by atoms with Crippen LogP contribution in [-0.2, 0) is 11.5 Å². The predicted octanol–water partition coefficient (Wildman–Crippen LogP) is 4.08. The number of benzene rings is 1. The molecule has 0 aliphatic rings. The van der Waals surface area contributed by atoms with E-state index in [0.29, 0.717) is 3.57 Å². The van der Waals surface area contributed by atoms with Gasteiger partial charge in [0.1, 0.15) is 0 Å². The lowest BCUT2D eigenvalue weighted by molar-refractivity contribution is -0.138. The van der Waals surface area contributed by atoms with E-state index in [1.807, 2.05) is 0 Å². The molecule has 0 unspecified atom stereocenters. The molecule has 0 N–H and O–H groups in total. The predicted molar refractivity (Wildman–Crippen MR) is 61.5 cm³/mol. The van der Waals surface area contributed by atoms with Gasteiger partial charge in [-0.3, -0.25) is 0 Å². The Labute approximate surface area is 107 Å². The molecule has 0 aliphatic carbocycles. The molecule has 0 fully saturated rings. The Morgan fingerprint density at radius 3 is 2.40 bits per heavy atom. The van der Waals surface area contributed by atoms with E-state index in [4.69, 9.17) is 5.26 Å². The largest absolute Gasteiger partial charge is 0.416 e. The first-order chi connectivity index (χ1) is 6.90. The Bertz CT molecular complexity index is 423. The van der Waals surface area contributed by atoms with Gasteiger partial charge in [-0.2, -0.15) is 18.4 Å². The molecular weight excluding hydrogens is 386 g/mol. The summed E-state index contributed by atoms with van der Waals surface area (Å²) in [6.45, 7) is 0. The zero-order valence-electron chi connectivity index (χ0n) is 7.20. The van der Waals surface area contributed by atoms with Gasteiger partial charge in [-0.05, 0) is 40.3 Å². The smallest absolute Gasteiger partial charge is 0.192 e. The fourth-order valence-electron chi connectivity index (χ4n) is 1.13. The van der Waals surface area contributed by atoms with Gasteiger partial charge < -0.3 is 0 Å². The second-order valence-electron chi connectivity index (χ2n) is 2.72. The van der Waals surface area contributed by atoms with Crippen LogP contribution in [0.3, 0.4) is 0 Å². The summed E-state index contributed by atoms with van der Waals surface area (Å²) in [5.41, 5.74) is -0.695. The van der Waals surface area contributed by atoms with Crippen LogP contribution in [-0.4, -0.2) is 0 Å². The van der Waals surface area contributed by atoms with Crippen molar-refractivity contribution in [2.24, 2.45) is 0 Å². The Morgan fingerprint density at radius 1 is 1.40 bits per heavy atom. The summed E-state index contributed by atoms with van der Waals surface area (Å²) in [6.07, 6.45) is -4.42. The van der Waals surface area contributed by atoms with Crippen molar-refractivity contribution in [3.05, 3.63) is 32.4 Å². The van der Waals surface area contributed by atoms with Crippen molar-refractivity contribution < 1.29 is 13.2 Å². The van der Waals surface area contributed by atoms with E-state index in [-0.39, 0.29) is 16.5 Å². The number of nitrogens with zero attached hydrogens (tertiary/aromatic N) is 1. The fraction of sp³-hybridized carbons (Fsp3) is 0.222. The highest BCUT2D eigenvalue weighted by atomic mass is 127. The van der Waals surface area contributed by atoms with Crippen molar-refractivity contribution in [3.8, 4) is 6.07 Å². The van der Waals surface area contributed by atoms with Gasteiger partial charge in [-0.25, -0.2) is 0 Å². The average Bonchev–Trinajstić information content (AvgIpc) is 2.15. The van der Waals surface area contributed by atoms with Crippen LogP contribution in [0.5, 0.6) is 0 Å². The first-order valence-corrected chi connectivity index (χ1v) is 5.96. The standard InChI is InChI=1S/C9H4BrF3IN/c10-3-7-5(4-15)1-6(14)2-8(7)9(11,12)13/h1-2H,3H2. The van der Waals surface area contributed by atoms with Crippen LogP contribution in [0, 0.1) is 14.9 Å². The van der Waals surface area contributed by atoms with Crippen LogP contribution in [0.2, 0.25) is 0 Å². The molecule has 0 heterocycles. The Balaban J connectivity index is 3.51. The van der Waals surface area contributed by atoms with Crippen molar-refractivity contribution in [1.82, 2.24) is 0 Å².